The van der Waals surface area contributed by atoms with Gasteiger partial charge in [0.1, 0.15) is 0 Å². The molecular weight excluding hydrogens is 421 g/mol. The van der Waals surface area contributed by atoms with Crippen LogP contribution >= 0.6 is 0 Å². The lowest BCUT2D eigenvalue weighted by Gasteiger charge is -2.38. The molecule has 0 fully saturated rings. The third kappa shape index (κ3) is 12.5. The minimum atomic E-state index is -1.69. The maximum atomic E-state index is 6.79. The van der Waals surface area contributed by atoms with Crippen molar-refractivity contribution in [2.75, 3.05) is 6.61 Å². The average Bonchev–Trinajstić information content (AvgIpc) is 2.79. The van der Waals surface area contributed by atoms with Gasteiger partial charge in [-0.05, 0) is 42.3 Å². The lowest BCUT2D eigenvalue weighted by molar-refractivity contribution is -0.0439. The Morgan fingerprint density at radius 3 is 1.37 bits per heavy atom. The zero-order valence-electron chi connectivity index (χ0n) is 21.8. The minimum absolute atomic E-state index is 0.117. The average molecular weight is 477 g/mol. The van der Waals surface area contributed by atoms with Crippen LogP contribution < -0.4 is 0 Å². The summed E-state index contributed by atoms with van der Waals surface area (Å²) < 4.78 is 19.8. The SMILES string of the molecule is CCCCCCCCCC[SiH2]OCC(O[Si](CC)(CC)CC)O[Si](CC)(CC)CC. The van der Waals surface area contributed by atoms with Gasteiger partial charge in [-0.3, -0.25) is 0 Å². The largest absolute Gasteiger partial charge is 0.419 e. The second-order valence-corrected chi connectivity index (χ2v) is 20.0. The van der Waals surface area contributed by atoms with Crippen LogP contribution in [0, 0.1) is 0 Å². The van der Waals surface area contributed by atoms with E-state index in [2.05, 4.69) is 48.5 Å². The Morgan fingerprint density at radius 2 is 0.967 bits per heavy atom. The van der Waals surface area contributed by atoms with Crippen LogP contribution in [-0.4, -0.2) is 39.3 Å². The van der Waals surface area contributed by atoms with Gasteiger partial charge in [-0.2, -0.15) is 0 Å². The molecule has 3 nitrogen and oxygen atoms in total. The van der Waals surface area contributed by atoms with E-state index in [1.165, 1.54) is 93.7 Å². The first-order chi connectivity index (χ1) is 14.5. The predicted molar refractivity (Wildman–Crippen MR) is 142 cm³/mol. The van der Waals surface area contributed by atoms with Crippen LogP contribution in [0.1, 0.15) is 99.8 Å². The summed E-state index contributed by atoms with van der Waals surface area (Å²) in [6.45, 7) is 16.8. The molecular formula is C24H56O3Si3. The normalized spacial score (nSPS) is 13.2. The third-order valence-corrected chi connectivity index (χ3v) is 17.8. The summed E-state index contributed by atoms with van der Waals surface area (Å²) >= 11 is 0. The molecule has 0 aromatic carbocycles. The first kappa shape index (κ1) is 30.5. The molecule has 0 aromatic heterocycles. The fourth-order valence-electron chi connectivity index (χ4n) is 4.34. The van der Waals surface area contributed by atoms with Crippen molar-refractivity contribution < 1.29 is 13.3 Å². The van der Waals surface area contributed by atoms with E-state index in [0.29, 0.717) is 6.61 Å². The smallest absolute Gasteiger partial charge is 0.195 e. The molecule has 0 bridgehead atoms. The molecule has 0 heterocycles. The summed E-state index contributed by atoms with van der Waals surface area (Å²) in [4.78, 5) is 0. The van der Waals surface area contributed by atoms with Crippen molar-refractivity contribution in [2.24, 2.45) is 0 Å². The Hall–Kier alpha value is 0.531. The van der Waals surface area contributed by atoms with Crippen molar-refractivity contribution in [1.82, 2.24) is 0 Å². The highest BCUT2D eigenvalue weighted by atomic mass is 28.4. The lowest BCUT2D eigenvalue weighted by atomic mass is 10.1. The van der Waals surface area contributed by atoms with Gasteiger partial charge in [-0.1, -0.05) is 99.8 Å². The number of hydrogen-bond acceptors (Lipinski definition) is 3. The Morgan fingerprint density at radius 1 is 0.567 bits per heavy atom. The number of rotatable bonds is 22. The quantitative estimate of drug-likeness (QED) is 0.0899. The summed E-state index contributed by atoms with van der Waals surface area (Å²) in [6, 6.07) is 8.35. The third-order valence-electron chi connectivity index (χ3n) is 7.28. The van der Waals surface area contributed by atoms with Gasteiger partial charge >= 0.3 is 0 Å². The molecule has 0 aliphatic heterocycles. The van der Waals surface area contributed by atoms with Crippen LogP contribution in [0.3, 0.4) is 0 Å². The molecule has 0 saturated heterocycles. The highest BCUT2D eigenvalue weighted by Gasteiger charge is 2.37. The van der Waals surface area contributed by atoms with E-state index in [0.717, 1.165) is 0 Å². The molecule has 0 aromatic rings. The molecule has 0 rings (SSSR count). The number of unbranched alkanes of at least 4 members (excludes halogenated alkanes) is 7. The second-order valence-electron chi connectivity index (χ2n) is 9.06. The Bertz CT molecular complexity index is 336. The Balaban J connectivity index is 4.45. The van der Waals surface area contributed by atoms with Crippen molar-refractivity contribution in [3.8, 4) is 0 Å². The highest BCUT2D eigenvalue weighted by Crippen LogP contribution is 2.29. The highest BCUT2D eigenvalue weighted by molar-refractivity contribution is 6.74. The Kier molecular flexibility index (Phi) is 19.4. The number of hydrogen-bond donors (Lipinski definition) is 0. The molecule has 182 valence electrons. The first-order valence-corrected chi connectivity index (χ1v) is 20.1. The fourth-order valence-corrected chi connectivity index (χ4v) is 10.9. The second kappa shape index (κ2) is 19.0. The molecule has 0 aliphatic rings. The molecule has 0 N–H and O–H groups in total. The molecule has 0 radical (unpaired) electrons. The van der Waals surface area contributed by atoms with Gasteiger partial charge in [-0.25, -0.2) is 0 Å². The molecule has 0 saturated carbocycles. The predicted octanol–water partition coefficient (Wildman–Crippen LogP) is 8.02. The minimum Gasteiger partial charge on any atom is -0.419 e. The van der Waals surface area contributed by atoms with Crippen LogP contribution in [0.25, 0.3) is 0 Å². The van der Waals surface area contributed by atoms with E-state index in [-0.39, 0.29) is 6.29 Å². The van der Waals surface area contributed by atoms with Gasteiger partial charge in [0, 0.05) is 0 Å². The topological polar surface area (TPSA) is 27.7 Å². The summed E-state index contributed by atoms with van der Waals surface area (Å²) in [5, 5.41) is 0. The summed E-state index contributed by atoms with van der Waals surface area (Å²) in [6.07, 6.45) is 11.0. The van der Waals surface area contributed by atoms with Crippen LogP contribution in [0.5, 0.6) is 0 Å². The van der Waals surface area contributed by atoms with Crippen molar-refractivity contribution in [3.05, 3.63) is 0 Å². The van der Waals surface area contributed by atoms with Gasteiger partial charge < -0.3 is 13.3 Å². The zero-order valence-corrected chi connectivity index (χ0v) is 25.2. The van der Waals surface area contributed by atoms with E-state index in [9.17, 15) is 0 Å². The monoisotopic (exact) mass is 476 g/mol. The fraction of sp³-hybridized carbons (Fsp3) is 1.00. The lowest BCUT2D eigenvalue weighted by Crippen LogP contribution is -2.48. The van der Waals surface area contributed by atoms with Gasteiger partial charge in [0.05, 0.1) is 6.61 Å². The van der Waals surface area contributed by atoms with Crippen LogP contribution in [-0.2, 0) is 13.3 Å². The van der Waals surface area contributed by atoms with Crippen molar-refractivity contribution in [1.29, 1.82) is 0 Å². The van der Waals surface area contributed by atoms with Crippen LogP contribution in [0.4, 0.5) is 0 Å². The molecule has 6 heteroatoms. The van der Waals surface area contributed by atoms with Crippen molar-refractivity contribution >= 4 is 26.4 Å². The van der Waals surface area contributed by atoms with Gasteiger partial charge in [0.25, 0.3) is 0 Å². The molecule has 30 heavy (non-hydrogen) atoms. The summed E-state index contributed by atoms with van der Waals surface area (Å²) in [5.41, 5.74) is 0. The first-order valence-electron chi connectivity index (χ1n) is 13.4. The van der Waals surface area contributed by atoms with Gasteiger partial charge in [0.2, 0.25) is 0 Å². The summed E-state index contributed by atoms with van der Waals surface area (Å²) in [7, 11) is -3.82. The van der Waals surface area contributed by atoms with E-state index in [1.54, 1.807) is 0 Å². The maximum absolute atomic E-state index is 6.79. The molecule has 0 amide bonds. The molecule has 0 unspecified atom stereocenters. The van der Waals surface area contributed by atoms with Crippen LogP contribution in [0.15, 0.2) is 0 Å². The standard InChI is InChI=1S/C24H56O3Si3/c1-8-15-16-17-18-19-20-21-22-28-25-23-24(26-29(9-2,10-3)11-4)27-30(12-5,13-6)14-7/h24H,8-23,28H2,1-7H3. The summed E-state index contributed by atoms with van der Waals surface area (Å²) in [5.74, 6) is 0. The van der Waals surface area contributed by atoms with Crippen molar-refractivity contribution in [3.63, 3.8) is 0 Å². The van der Waals surface area contributed by atoms with Crippen LogP contribution in [0.2, 0.25) is 42.3 Å². The van der Waals surface area contributed by atoms with E-state index in [4.69, 9.17) is 13.3 Å². The van der Waals surface area contributed by atoms with Crippen molar-refractivity contribution in [2.45, 2.75) is 148 Å². The Labute approximate surface area is 194 Å². The van der Waals surface area contributed by atoms with Gasteiger partial charge in [-0.15, -0.1) is 0 Å². The van der Waals surface area contributed by atoms with E-state index < -0.39 is 26.4 Å². The maximum Gasteiger partial charge on any atom is 0.195 e. The molecule has 0 aliphatic carbocycles. The zero-order chi connectivity index (χ0) is 22.7. The molecule has 0 spiro atoms. The van der Waals surface area contributed by atoms with E-state index in [1.807, 2.05) is 0 Å². The van der Waals surface area contributed by atoms with E-state index >= 15 is 0 Å². The molecule has 0 atom stereocenters. The van der Waals surface area contributed by atoms with Gasteiger partial charge in [0.15, 0.2) is 32.7 Å².